The monoisotopic (exact) mass is 511 g/mol. The SMILES string of the molecule is CS(=O)(=O)c1ccc(CC2CC3(C2)CN(C(=O)N2CC4(CC(N5CC(C6CCC6)=NN5)C4)C2)C3)cc1. The summed E-state index contributed by atoms with van der Waals surface area (Å²) in [5, 5.41) is 6.92. The quantitative estimate of drug-likeness (QED) is 0.657. The van der Waals surface area contributed by atoms with E-state index >= 15 is 0 Å². The van der Waals surface area contributed by atoms with Gasteiger partial charge in [0.25, 0.3) is 0 Å². The molecule has 9 heteroatoms. The largest absolute Gasteiger partial charge is 0.323 e. The standard InChI is InChI=1S/C27H37N5O3S/c1-36(34,35)23-7-5-19(6-8-23)9-20-10-26(11-20)15-30(16-26)25(33)31-17-27(18-31)12-22(13-27)32-14-24(28-29-32)21-3-2-4-21/h5-8,20-22,29H,2-4,9-18H2,1H3. The predicted molar refractivity (Wildman–Crippen MR) is 137 cm³/mol. The van der Waals surface area contributed by atoms with Gasteiger partial charge in [-0.25, -0.2) is 18.7 Å². The van der Waals surface area contributed by atoms with Crippen molar-refractivity contribution in [1.82, 2.24) is 20.3 Å². The number of hydrogen-bond donors (Lipinski definition) is 1. The van der Waals surface area contributed by atoms with Gasteiger partial charge >= 0.3 is 6.03 Å². The first-order chi connectivity index (χ1) is 17.2. The molecule has 3 saturated carbocycles. The molecule has 3 aliphatic heterocycles. The number of hydrazine groups is 1. The molecule has 3 aliphatic carbocycles. The van der Waals surface area contributed by atoms with Gasteiger partial charge in [0.15, 0.2) is 9.84 Å². The zero-order valence-corrected chi connectivity index (χ0v) is 22.0. The molecule has 0 aromatic heterocycles. The summed E-state index contributed by atoms with van der Waals surface area (Å²) in [4.78, 5) is 17.5. The Labute approximate surface area is 214 Å². The van der Waals surface area contributed by atoms with Gasteiger partial charge in [0.05, 0.1) is 17.2 Å². The first-order valence-corrected chi connectivity index (χ1v) is 15.5. The van der Waals surface area contributed by atoms with Crippen molar-refractivity contribution < 1.29 is 13.2 Å². The fraction of sp³-hybridized carbons (Fsp3) is 0.704. The molecule has 6 aliphatic rings. The van der Waals surface area contributed by atoms with Crippen LogP contribution < -0.4 is 5.53 Å². The molecule has 2 amide bonds. The first-order valence-electron chi connectivity index (χ1n) is 13.6. The zero-order chi connectivity index (χ0) is 24.7. The van der Waals surface area contributed by atoms with Crippen LogP contribution in [0.25, 0.3) is 0 Å². The highest BCUT2D eigenvalue weighted by Crippen LogP contribution is 2.55. The second kappa shape index (κ2) is 7.93. The molecule has 7 rings (SSSR count). The molecule has 194 valence electrons. The fourth-order valence-electron chi connectivity index (χ4n) is 7.74. The van der Waals surface area contributed by atoms with Crippen molar-refractivity contribution in [3.8, 4) is 0 Å². The van der Waals surface area contributed by atoms with E-state index in [1.54, 1.807) is 12.1 Å². The molecule has 2 saturated heterocycles. The van der Waals surface area contributed by atoms with Gasteiger partial charge in [0.2, 0.25) is 0 Å². The molecule has 36 heavy (non-hydrogen) atoms. The average molecular weight is 512 g/mol. The molecule has 0 bridgehead atoms. The van der Waals surface area contributed by atoms with Gasteiger partial charge in [0.1, 0.15) is 0 Å². The number of rotatable bonds is 5. The Kier molecular flexibility index (Phi) is 5.07. The Bertz CT molecular complexity index is 1180. The summed E-state index contributed by atoms with van der Waals surface area (Å²) < 4.78 is 23.3. The van der Waals surface area contributed by atoms with Gasteiger partial charge in [-0.1, -0.05) is 18.6 Å². The Morgan fingerprint density at radius 3 is 2.17 bits per heavy atom. The lowest BCUT2D eigenvalue weighted by atomic mass is 9.56. The summed E-state index contributed by atoms with van der Waals surface area (Å²) in [7, 11) is -3.14. The predicted octanol–water partition coefficient (Wildman–Crippen LogP) is 2.91. The molecule has 0 radical (unpaired) electrons. The number of hydrazone groups is 1. The fourth-order valence-corrected chi connectivity index (χ4v) is 8.37. The van der Waals surface area contributed by atoms with Gasteiger partial charge in [0, 0.05) is 55.2 Å². The minimum absolute atomic E-state index is 0.240. The summed E-state index contributed by atoms with van der Waals surface area (Å²) in [5.41, 5.74) is 6.50. The molecule has 3 heterocycles. The minimum Gasteiger partial charge on any atom is -0.323 e. The second-order valence-corrected chi connectivity index (χ2v) is 14.9. The number of benzene rings is 1. The molecular weight excluding hydrogens is 474 g/mol. The van der Waals surface area contributed by atoms with Crippen LogP contribution >= 0.6 is 0 Å². The third-order valence-electron chi connectivity index (χ3n) is 9.97. The number of likely N-dealkylation sites (tertiary alicyclic amines) is 2. The van der Waals surface area contributed by atoms with E-state index in [1.165, 1.54) is 62.5 Å². The number of carbonyl (C=O) groups is 1. The third kappa shape index (κ3) is 3.85. The lowest BCUT2D eigenvalue weighted by Crippen LogP contribution is -2.72. The van der Waals surface area contributed by atoms with E-state index in [2.05, 4.69) is 25.4 Å². The highest BCUT2D eigenvalue weighted by Gasteiger charge is 2.59. The van der Waals surface area contributed by atoms with Gasteiger partial charge in [-0.3, -0.25) is 0 Å². The van der Waals surface area contributed by atoms with Gasteiger partial charge < -0.3 is 9.80 Å². The molecule has 5 fully saturated rings. The Balaban J connectivity index is 0.819. The van der Waals surface area contributed by atoms with Crippen molar-refractivity contribution >= 4 is 21.6 Å². The van der Waals surface area contributed by atoms with Crippen LogP contribution in [-0.2, 0) is 16.3 Å². The summed E-state index contributed by atoms with van der Waals surface area (Å²) in [6, 6.07) is 8.13. The van der Waals surface area contributed by atoms with Gasteiger partial charge in [-0.05, 0) is 68.6 Å². The van der Waals surface area contributed by atoms with E-state index < -0.39 is 9.84 Å². The van der Waals surface area contributed by atoms with Crippen molar-refractivity contribution in [1.29, 1.82) is 0 Å². The van der Waals surface area contributed by atoms with Crippen LogP contribution in [0, 0.1) is 22.7 Å². The summed E-state index contributed by atoms with van der Waals surface area (Å²) >= 11 is 0. The number of carbonyl (C=O) groups excluding carboxylic acids is 1. The highest BCUT2D eigenvalue weighted by molar-refractivity contribution is 7.90. The van der Waals surface area contributed by atoms with Crippen LogP contribution in [0.4, 0.5) is 4.79 Å². The zero-order valence-electron chi connectivity index (χ0n) is 21.2. The van der Waals surface area contributed by atoms with Crippen LogP contribution in [0.1, 0.15) is 50.5 Å². The van der Waals surface area contributed by atoms with Gasteiger partial charge in [-0.15, -0.1) is 0 Å². The van der Waals surface area contributed by atoms with Crippen molar-refractivity contribution in [2.45, 2.75) is 62.3 Å². The Morgan fingerprint density at radius 1 is 1.00 bits per heavy atom. The molecule has 1 N–H and O–H groups in total. The maximum atomic E-state index is 13.0. The maximum Gasteiger partial charge on any atom is 0.320 e. The van der Waals surface area contributed by atoms with Crippen molar-refractivity contribution in [2.75, 3.05) is 39.0 Å². The highest BCUT2D eigenvalue weighted by atomic mass is 32.2. The smallest absolute Gasteiger partial charge is 0.320 e. The van der Waals surface area contributed by atoms with E-state index in [4.69, 9.17) is 0 Å². The third-order valence-corrected chi connectivity index (χ3v) is 11.1. The van der Waals surface area contributed by atoms with Crippen molar-refractivity contribution in [3.05, 3.63) is 29.8 Å². The average Bonchev–Trinajstić information content (AvgIpc) is 3.13. The van der Waals surface area contributed by atoms with Crippen LogP contribution in [0.5, 0.6) is 0 Å². The molecule has 1 aromatic rings. The molecule has 0 unspecified atom stereocenters. The first kappa shape index (κ1) is 23.0. The van der Waals surface area contributed by atoms with E-state index in [9.17, 15) is 13.2 Å². The number of amides is 2. The number of nitrogens with one attached hydrogen (secondary N) is 1. The van der Waals surface area contributed by atoms with E-state index in [0.717, 1.165) is 39.1 Å². The molecule has 2 spiro atoms. The van der Waals surface area contributed by atoms with Crippen LogP contribution in [-0.4, -0.2) is 80.0 Å². The molecule has 1 aromatic carbocycles. The second-order valence-electron chi connectivity index (χ2n) is 12.9. The van der Waals surface area contributed by atoms with Gasteiger partial charge in [-0.2, -0.15) is 10.1 Å². The number of nitrogens with zero attached hydrogens (tertiary/aromatic N) is 4. The van der Waals surface area contributed by atoms with E-state index in [0.29, 0.717) is 33.6 Å². The number of urea groups is 1. The van der Waals surface area contributed by atoms with Crippen molar-refractivity contribution in [3.63, 3.8) is 0 Å². The van der Waals surface area contributed by atoms with Crippen LogP contribution in [0.2, 0.25) is 0 Å². The summed E-state index contributed by atoms with van der Waals surface area (Å²) in [6.07, 6.45) is 10.9. The summed E-state index contributed by atoms with van der Waals surface area (Å²) in [6.45, 7) is 4.63. The lowest BCUT2D eigenvalue weighted by molar-refractivity contribution is -0.118. The molecule has 0 atom stereocenters. The maximum absolute atomic E-state index is 13.0. The Morgan fingerprint density at radius 2 is 1.61 bits per heavy atom. The topological polar surface area (TPSA) is 85.3 Å². The lowest BCUT2D eigenvalue weighted by Gasteiger charge is -2.64. The summed E-state index contributed by atoms with van der Waals surface area (Å²) in [5.74, 6) is 1.35. The molecule has 8 nitrogen and oxygen atoms in total. The Hall–Kier alpha value is -2.13. The number of hydrogen-bond acceptors (Lipinski definition) is 6. The number of sulfone groups is 1. The van der Waals surface area contributed by atoms with Crippen LogP contribution in [0.3, 0.4) is 0 Å². The van der Waals surface area contributed by atoms with Crippen LogP contribution in [0.15, 0.2) is 34.3 Å². The van der Waals surface area contributed by atoms with E-state index in [-0.39, 0.29) is 6.03 Å². The van der Waals surface area contributed by atoms with Crippen molar-refractivity contribution in [2.24, 2.45) is 27.8 Å². The normalized spacial score (nSPS) is 27.5. The minimum atomic E-state index is -3.14. The van der Waals surface area contributed by atoms with E-state index in [1.807, 2.05) is 12.1 Å². The molecular formula is C27H37N5O3S.